The summed E-state index contributed by atoms with van der Waals surface area (Å²) in [7, 11) is 1.62. The van der Waals surface area contributed by atoms with Crippen LogP contribution < -0.4 is 10.6 Å². The van der Waals surface area contributed by atoms with E-state index in [1.165, 1.54) is 0 Å². The molecule has 0 saturated heterocycles. The number of nitrogens with zero attached hydrogens (tertiary/aromatic N) is 2. The lowest BCUT2D eigenvalue weighted by atomic mass is 10.1. The van der Waals surface area contributed by atoms with Crippen LogP contribution in [0, 0.1) is 6.92 Å². The van der Waals surface area contributed by atoms with E-state index in [0.717, 1.165) is 17.1 Å². The summed E-state index contributed by atoms with van der Waals surface area (Å²) in [5.74, 6) is 0.940. The number of ether oxygens (including phenoxy) is 1. The van der Waals surface area contributed by atoms with E-state index in [1.807, 2.05) is 55.8 Å². The van der Waals surface area contributed by atoms with Gasteiger partial charge >= 0.3 is 6.03 Å². The predicted octanol–water partition coefficient (Wildman–Crippen LogP) is 2.58. The van der Waals surface area contributed by atoms with Gasteiger partial charge in [0.1, 0.15) is 5.82 Å². The van der Waals surface area contributed by atoms with Gasteiger partial charge in [0.05, 0.1) is 12.1 Å². The molecule has 1 aromatic carbocycles. The molecule has 2 rings (SSSR count). The zero-order chi connectivity index (χ0) is 16.8. The predicted molar refractivity (Wildman–Crippen MR) is 89.7 cm³/mol. The molecular formula is C17H24N4O2. The molecule has 2 amide bonds. The molecule has 1 heterocycles. The number of aryl methyl sites for hydroxylation is 1. The Kier molecular flexibility index (Phi) is 5.76. The first kappa shape index (κ1) is 17.0. The van der Waals surface area contributed by atoms with Crippen molar-refractivity contribution in [1.82, 2.24) is 20.2 Å². The van der Waals surface area contributed by atoms with Crippen molar-refractivity contribution in [1.29, 1.82) is 0 Å². The maximum absolute atomic E-state index is 11.9. The lowest BCUT2D eigenvalue weighted by Gasteiger charge is -2.17. The summed E-state index contributed by atoms with van der Waals surface area (Å²) in [5, 5.41) is 5.70. The van der Waals surface area contributed by atoms with E-state index < -0.39 is 0 Å². The summed E-state index contributed by atoms with van der Waals surface area (Å²) in [4.78, 5) is 16.1. The molecule has 0 bridgehead atoms. The number of aromatic nitrogens is 2. The number of hydrogen-bond donors (Lipinski definition) is 2. The van der Waals surface area contributed by atoms with Crippen LogP contribution >= 0.6 is 0 Å². The topological polar surface area (TPSA) is 68.2 Å². The molecule has 2 atom stereocenters. The molecule has 23 heavy (non-hydrogen) atoms. The van der Waals surface area contributed by atoms with Gasteiger partial charge in [-0.1, -0.05) is 12.1 Å². The maximum atomic E-state index is 11.9. The van der Waals surface area contributed by atoms with Gasteiger partial charge < -0.3 is 19.9 Å². The molecule has 0 radical (unpaired) electrons. The molecule has 0 aliphatic heterocycles. The quantitative estimate of drug-likeness (QED) is 0.860. The van der Waals surface area contributed by atoms with Gasteiger partial charge in [0.15, 0.2) is 0 Å². The monoisotopic (exact) mass is 316 g/mol. The Balaban J connectivity index is 1.94. The van der Waals surface area contributed by atoms with Crippen LogP contribution in [0.1, 0.15) is 31.3 Å². The van der Waals surface area contributed by atoms with E-state index in [0.29, 0.717) is 6.54 Å². The van der Waals surface area contributed by atoms with Gasteiger partial charge in [0.25, 0.3) is 0 Å². The molecule has 0 aliphatic carbocycles. The number of amides is 2. The highest BCUT2D eigenvalue weighted by molar-refractivity contribution is 5.74. The first-order valence-corrected chi connectivity index (χ1v) is 7.68. The molecule has 2 aromatic rings. The lowest BCUT2D eigenvalue weighted by Crippen LogP contribution is -2.40. The average Bonchev–Trinajstić information content (AvgIpc) is 2.98. The third-order valence-corrected chi connectivity index (χ3v) is 3.80. The summed E-state index contributed by atoms with van der Waals surface area (Å²) in [6, 6.07) is 7.79. The van der Waals surface area contributed by atoms with Gasteiger partial charge in [0, 0.05) is 31.7 Å². The summed E-state index contributed by atoms with van der Waals surface area (Å²) in [5.41, 5.74) is 2.09. The van der Waals surface area contributed by atoms with Crippen molar-refractivity contribution in [3.63, 3.8) is 0 Å². The van der Waals surface area contributed by atoms with Crippen molar-refractivity contribution in [3.8, 4) is 5.69 Å². The Labute approximate surface area is 136 Å². The van der Waals surface area contributed by atoms with Gasteiger partial charge in [-0.25, -0.2) is 9.78 Å². The Morgan fingerprint density at radius 2 is 2.00 bits per heavy atom. The largest absolute Gasteiger partial charge is 0.380 e. The first-order valence-electron chi connectivity index (χ1n) is 7.68. The van der Waals surface area contributed by atoms with E-state index in [2.05, 4.69) is 15.6 Å². The maximum Gasteiger partial charge on any atom is 0.315 e. The number of benzene rings is 1. The molecule has 2 N–H and O–H groups in total. The van der Waals surface area contributed by atoms with Gasteiger partial charge in [0.2, 0.25) is 0 Å². The average molecular weight is 316 g/mol. The second-order valence-electron chi connectivity index (χ2n) is 5.56. The van der Waals surface area contributed by atoms with Crippen LogP contribution in [0.5, 0.6) is 0 Å². The van der Waals surface area contributed by atoms with Crippen molar-refractivity contribution in [2.75, 3.05) is 13.7 Å². The van der Waals surface area contributed by atoms with Crippen LogP contribution in [0.25, 0.3) is 5.69 Å². The third kappa shape index (κ3) is 4.56. The van der Waals surface area contributed by atoms with E-state index in [9.17, 15) is 4.79 Å². The van der Waals surface area contributed by atoms with Gasteiger partial charge in [-0.15, -0.1) is 0 Å². The smallest absolute Gasteiger partial charge is 0.315 e. The van der Waals surface area contributed by atoms with Crippen molar-refractivity contribution >= 4 is 6.03 Å². The van der Waals surface area contributed by atoms with Crippen LogP contribution in [0.3, 0.4) is 0 Å². The fourth-order valence-corrected chi connectivity index (χ4v) is 2.23. The number of hydrogen-bond acceptors (Lipinski definition) is 3. The van der Waals surface area contributed by atoms with E-state index >= 15 is 0 Å². The zero-order valence-electron chi connectivity index (χ0n) is 14.0. The van der Waals surface area contributed by atoms with Crippen LogP contribution in [0.4, 0.5) is 4.79 Å². The Hall–Kier alpha value is -2.34. The van der Waals surface area contributed by atoms with Crippen molar-refractivity contribution in [3.05, 3.63) is 48.0 Å². The normalized spacial score (nSPS) is 13.4. The molecule has 0 fully saturated rings. The van der Waals surface area contributed by atoms with Crippen molar-refractivity contribution in [2.24, 2.45) is 0 Å². The molecule has 1 aromatic heterocycles. The van der Waals surface area contributed by atoms with Crippen molar-refractivity contribution in [2.45, 2.75) is 32.9 Å². The minimum atomic E-state index is -0.198. The number of urea groups is 1. The highest BCUT2D eigenvalue weighted by atomic mass is 16.5. The zero-order valence-corrected chi connectivity index (χ0v) is 14.0. The van der Waals surface area contributed by atoms with E-state index in [4.69, 9.17) is 4.74 Å². The number of imidazole rings is 1. The van der Waals surface area contributed by atoms with E-state index in [1.54, 1.807) is 13.3 Å². The highest BCUT2D eigenvalue weighted by Crippen LogP contribution is 2.16. The number of nitrogens with one attached hydrogen (secondary N) is 2. The standard InChI is InChI=1S/C17H24N4O2/c1-12(23-4)11-19-17(22)20-13(2)15-5-7-16(8-6-15)21-10-9-18-14(21)3/h5-10,12-13H,11H2,1-4H3,(H2,19,20,22)/t12-,13-/m1/s1. The van der Waals surface area contributed by atoms with Crippen LogP contribution in [-0.2, 0) is 4.74 Å². The summed E-state index contributed by atoms with van der Waals surface area (Å²) in [6.07, 6.45) is 3.70. The molecule has 0 saturated carbocycles. The Bertz CT molecular complexity index is 636. The lowest BCUT2D eigenvalue weighted by molar-refractivity contribution is 0.118. The number of methoxy groups -OCH3 is 1. The Morgan fingerprint density at radius 3 is 2.57 bits per heavy atom. The fraction of sp³-hybridized carbons (Fsp3) is 0.412. The van der Waals surface area contributed by atoms with Gasteiger partial charge in [-0.2, -0.15) is 0 Å². The van der Waals surface area contributed by atoms with Gasteiger partial charge in [-0.3, -0.25) is 0 Å². The third-order valence-electron chi connectivity index (χ3n) is 3.80. The molecular weight excluding hydrogens is 292 g/mol. The number of carbonyl (C=O) groups is 1. The first-order chi connectivity index (χ1) is 11.0. The fourth-order valence-electron chi connectivity index (χ4n) is 2.23. The molecule has 0 spiro atoms. The summed E-state index contributed by atoms with van der Waals surface area (Å²) < 4.78 is 7.11. The van der Waals surface area contributed by atoms with Crippen LogP contribution in [0.2, 0.25) is 0 Å². The summed E-state index contributed by atoms with van der Waals surface area (Å²) in [6.45, 7) is 6.30. The van der Waals surface area contributed by atoms with Crippen LogP contribution in [0.15, 0.2) is 36.7 Å². The Morgan fingerprint density at radius 1 is 1.30 bits per heavy atom. The molecule has 0 unspecified atom stereocenters. The molecule has 6 heteroatoms. The minimum Gasteiger partial charge on any atom is -0.380 e. The van der Waals surface area contributed by atoms with Gasteiger partial charge in [-0.05, 0) is 38.5 Å². The minimum absolute atomic E-state index is 0.00578. The SMILES string of the molecule is CO[C@H](C)CNC(=O)N[C@H](C)c1ccc(-n2ccnc2C)cc1. The van der Waals surface area contributed by atoms with Crippen molar-refractivity contribution < 1.29 is 9.53 Å². The molecule has 6 nitrogen and oxygen atoms in total. The second-order valence-corrected chi connectivity index (χ2v) is 5.56. The molecule has 0 aliphatic rings. The highest BCUT2D eigenvalue weighted by Gasteiger charge is 2.10. The number of carbonyl (C=O) groups excluding carboxylic acids is 1. The summed E-state index contributed by atoms with van der Waals surface area (Å²) >= 11 is 0. The van der Waals surface area contributed by atoms with Crippen LogP contribution in [-0.4, -0.2) is 35.3 Å². The van der Waals surface area contributed by atoms with E-state index in [-0.39, 0.29) is 18.2 Å². The second kappa shape index (κ2) is 7.78. The number of rotatable bonds is 6. The molecule has 124 valence electrons.